The number of fused-ring (bicyclic) bond motifs is 1. The second-order valence-electron chi connectivity index (χ2n) is 4.40. The maximum Gasteiger partial charge on any atom is 0.311 e. The van der Waals surface area contributed by atoms with Gasteiger partial charge in [0.2, 0.25) is 0 Å². The van der Waals surface area contributed by atoms with Crippen LogP contribution in [-0.4, -0.2) is 22.2 Å². The number of carboxylic acids is 2. The summed E-state index contributed by atoms with van der Waals surface area (Å²) in [7, 11) is 0. The summed E-state index contributed by atoms with van der Waals surface area (Å²) >= 11 is 0. The van der Waals surface area contributed by atoms with Crippen molar-refractivity contribution < 1.29 is 19.8 Å². The van der Waals surface area contributed by atoms with Crippen LogP contribution in [0.15, 0.2) is 12.2 Å². The zero-order valence-electron chi connectivity index (χ0n) is 7.80. The summed E-state index contributed by atoms with van der Waals surface area (Å²) in [4.78, 5) is 21.8. The first-order chi connectivity index (χ1) is 6.46. The Labute approximate surface area is 81.2 Å². The molecule has 4 unspecified atom stereocenters. The largest absolute Gasteiger partial charge is 0.481 e. The van der Waals surface area contributed by atoms with E-state index in [0.29, 0.717) is 0 Å². The summed E-state index contributed by atoms with van der Waals surface area (Å²) in [6.07, 6.45) is 4.19. The Morgan fingerprint density at radius 2 is 2.00 bits per heavy atom. The first kappa shape index (κ1) is 9.24. The molecule has 0 aromatic rings. The summed E-state index contributed by atoms with van der Waals surface area (Å²) in [6.45, 7) is 1.97. The number of aliphatic carboxylic acids is 2. The van der Waals surface area contributed by atoms with E-state index in [1.807, 2.05) is 13.0 Å². The van der Waals surface area contributed by atoms with Crippen molar-refractivity contribution in [1.29, 1.82) is 0 Å². The number of carboxylic acid groups (broad SMARTS) is 2. The Morgan fingerprint density at radius 1 is 1.36 bits per heavy atom. The van der Waals surface area contributed by atoms with Gasteiger partial charge in [-0.05, 0) is 17.8 Å². The molecule has 0 amide bonds. The molecule has 4 heteroatoms. The molecule has 4 nitrogen and oxygen atoms in total. The molecule has 0 spiro atoms. The second-order valence-corrected chi connectivity index (χ2v) is 4.40. The lowest BCUT2D eigenvalue weighted by atomic mass is 9.80. The van der Waals surface area contributed by atoms with Gasteiger partial charge in [0.15, 0.2) is 0 Å². The fraction of sp³-hybridized carbons (Fsp3) is 0.600. The maximum absolute atomic E-state index is 11.0. The molecular weight excluding hydrogens is 184 g/mol. The molecule has 1 fully saturated rings. The Morgan fingerprint density at radius 3 is 2.50 bits per heavy atom. The molecule has 2 N–H and O–H groups in total. The average molecular weight is 196 g/mol. The Hall–Kier alpha value is -1.32. The minimum atomic E-state index is -1.04. The SMILES string of the molecule is CC12C=CC(C(=O)O)C(C(=O)O)C1C2. The number of rotatable bonds is 2. The summed E-state index contributed by atoms with van der Waals surface area (Å²) < 4.78 is 0. The zero-order valence-corrected chi connectivity index (χ0v) is 7.80. The molecule has 4 atom stereocenters. The highest BCUT2D eigenvalue weighted by molar-refractivity contribution is 5.83. The fourth-order valence-corrected chi connectivity index (χ4v) is 2.40. The minimum absolute atomic E-state index is 0.00565. The van der Waals surface area contributed by atoms with E-state index < -0.39 is 23.8 Å². The molecule has 2 aliphatic carbocycles. The number of hydrogen-bond acceptors (Lipinski definition) is 2. The predicted octanol–water partition coefficient (Wildman–Crippen LogP) is 0.984. The lowest BCUT2D eigenvalue weighted by molar-refractivity contribution is -0.153. The van der Waals surface area contributed by atoms with Crippen LogP contribution < -0.4 is 0 Å². The molecule has 1 saturated carbocycles. The van der Waals surface area contributed by atoms with Gasteiger partial charge in [-0.25, -0.2) is 0 Å². The molecule has 0 aromatic carbocycles. The molecule has 0 aliphatic heterocycles. The van der Waals surface area contributed by atoms with Crippen LogP contribution in [0.2, 0.25) is 0 Å². The summed E-state index contributed by atoms with van der Waals surface area (Å²) in [6, 6.07) is 0. The fourth-order valence-electron chi connectivity index (χ4n) is 2.40. The van der Waals surface area contributed by atoms with Crippen molar-refractivity contribution in [3.8, 4) is 0 Å². The lowest BCUT2D eigenvalue weighted by Gasteiger charge is -2.23. The van der Waals surface area contributed by atoms with E-state index in [0.717, 1.165) is 6.42 Å². The van der Waals surface area contributed by atoms with Crippen LogP contribution in [0, 0.1) is 23.2 Å². The van der Waals surface area contributed by atoms with E-state index in [9.17, 15) is 9.59 Å². The van der Waals surface area contributed by atoms with E-state index in [-0.39, 0.29) is 11.3 Å². The summed E-state index contributed by atoms with van der Waals surface area (Å²) in [5.74, 6) is -3.63. The first-order valence-corrected chi connectivity index (χ1v) is 4.61. The van der Waals surface area contributed by atoms with E-state index in [1.54, 1.807) is 0 Å². The zero-order chi connectivity index (χ0) is 10.5. The summed E-state index contributed by atoms with van der Waals surface area (Å²) in [5.41, 5.74) is -0.0605. The van der Waals surface area contributed by atoms with Crippen LogP contribution in [0.5, 0.6) is 0 Å². The van der Waals surface area contributed by atoms with Gasteiger partial charge in [0.1, 0.15) is 0 Å². The normalized spacial score (nSPS) is 44.2. The van der Waals surface area contributed by atoms with Gasteiger partial charge in [0, 0.05) is 0 Å². The van der Waals surface area contributed by atoms with Crippen LogP contribution in [-0.2, 0) is 9.59 Å². The first-order valence-electron chi connectivity index (χ1n) is 4.61. The third-order valence-electron chi connectivity index (χ3n) is 3.42. The van der Waals surface area contributed by atoms with Crippen molar-refractivity contribution in [2.75, 3.05) is 0 Å². The molecule has 76 valence electrons. The number of carbonyl (C=O) groups is 2. The molecule has 14 heavy (non-hydrogen) atoms. The van der Waals surface area contributed by atoms with Crippen LogP contribution >= 0.6 is 0 Å². The molecule has 0 bridgehead atoms. The van der Waals surface area contributed by atoms with Gasteiger partial charge < -0.3 is 10.2 Å². The van der Waals surface area contributed by atoms with E-state index in [1.165, 1.54) is 6.08 Å². The van der Waals surface area contributed by atoms with Gasteiger partial charge in [-0.1, -0.05) is 19.1 Å². The number of allylic oxidation sites excluding steroid dienone is 1. The molecule has 0 radical (unpaired) electrons. The topological polar surface area (TPSA) is 74.6 Å². The van der Waals surface area contributed by atoms with E-state index in [2.05, 4.69) is 0 Å². The quantitative estimate of drug-likeness (QED) is 0.646. The molecule has 2 aliphatic rings. The predicted molar refractivity (Wildman–Crippen MR) is 47.6 cm³/mol. The third-order valence-corrected chi connectivity index (χ3v) is 3.42. The third kappa shape index (κ3) is 1.14. The van der Waals surface area contributed by atoms with Crippen molar-refractivity contribution in [3.05, 3.63) is 12.2 Å². The van der Waals surface area contributed by atoms with E-state index in [4.69, 9.17) is 10.2 Å². The monoisotopic (exact) mass is 196 g/mol. The molecular formula is C10H12O4. The van der Waals surface area contributed by atoms with Gasteiger partial charge in [-0.3, -0.25) is 9.59 Å². The molecule has 0 aromatic heterocycles. The Bertz CT molecular complexity index is 333. The van der Waals surface area contributed by atoms with Crippen LogP contribution in [0.1, 0.15) is 13.3 Å². The van der Waals surface area contributed by atoms with Crippen LogP contribution in [0.3, 0.4) is 0 Å². The van der Waals surface area contributed by atoms with Crippen molar-refractivity contribution in [2.24, 2.45) is 23.2 Å². The van der Waals surface area contributed by atoms with Gasteiger partial charge in [0.05, 0.1) is 11.8 Å². The highest BCUT2D eigenvalue weighted by Crippen LogP contribution is 2.61. The van der Waals surface area contributed by atoms with Crippen LogP contribution in [0.4, 0.5) is 0 Å². The van der Waals surface area contributed by atoms with Gasteiger partial charge in [-0.2, -0.15) is 0 Å². The molecule has 0 saturated heterocycles. The van der Waals surface area contributed by atoms with Crippen molar-refractivity contribution in [1.82, 2.24) is 0 Å². The average Bonchev–Trinajstić information content (AvgIpc) is 2.73. The number of hydrogen-bond donors (Lipinski definition) is 2. The maximum atomic E-state index is 11.0. The minimum Gasteiger partial charge on any atom is -0.481 e. The van der Waals surface area contributed by atoms with Gasteiger partial charge >= 0.3 is 11.9 Å². The van der Waals surface area contributed by atoms with Crippen molar-refractivity contribution in [3.63, 3.8) is 0 Å². The molecule has 2 rings (SSSR count). The smallest absolute Gasteiger partial charge is 0.311 e. The van der Waals surface area contributed by atoms with Gasteiger partial charge in [-0.15, -0.1) is 0 Å². The van der Waals surface area contributed by atoms with E-state index >= 15 is 0 Å². The van der Waals surface area contributed by atoms with Crippen molar-refractivity contribution >= 4 is 11.9 Å². The molecule has 0 heterocycles. The lowest BCUT2D eigenvalue weighted by Crippen LogP contribution is -2.33. The second kappa shape index (κ2) is 2.59. The van der Waals surface area contributed by atoms with Gasteiger partial charge in [0.25, 0.3) is 0 Å². The van der Waals surface area contributed by atoms with Crippen molar-refractivity contribution in [2.45, 2.75) is 13.3 Å². The van der Waals surface area contributed by atoms with Crippen LogP contribution in [0.25, 0.3) is 0 Å². The highest BCUT2D eigenvalue weighted by Gasteiger charge is 2.59. The Kier molecular flexibility index (Phi) is 1.71. The Balaban J connectivity index is 2.31. The summed E-state index contributed by atoms with van der Waals surface area (Å²) in [5, 5.41) is 17.8. The highest BCUT2D eigenvalue weighted by atomic mass is 16.4. The standard InChI is InChI=1S/C10H12O4/c1-10-3-2-5(8(11)12)7(9(13)14)6(10)4-10/h2-3,5-7H,4H2,1H3,(H,11,12)(H,13,14).